The molecule has 0 aliphatic heterocycles. The first-order chi connectivity index (χ1) is 12.0. The lowest BCUT2D eigenvalue weighted by molar-refractivity contribution is -0.132. The van der Waals surface area contributed by atoms with E-state index in [4.69, 9.17) is 15.1 Å². The van der Waals surface area contributed by atoms with E-state index in [-0.39, 0.29) is 5.57 Å². The molecule has 6 heteroatoms. The highest BCUT2D eigenvalue weighted by molar-refractivity contribution is 5.86. The fraction of sp³-hybridized carbons (Fsp3) is 0.158. The summed E-state index contributed by atoms with van der Waals surface area (Å²) in [6, 6.07) is 15.7. The molecular formula is C19H17N3O3. The van der Waals surface area contributed by atoms with Gasteiger partial charge in [-0.3, -0.25) is 0 Å². The van der Waals surface area contributed by atoms with Crippen molar-refractivity contribution in [3.8, 4) is 11.8 Å². The highest BCUT2D eigenvalue weighted by Gasteiger charge is 2.12. The Bertz CT molecular complexity index is 862. The van der Waals surface area contributed by atoms with Crippen LogP contribution in [0.3, 0.4) is 0 Å². The van der Waals surface area contributed by atoms with E-state index in [2.05, 4.69) is 10.2 Å². The molecule has 0 spiro atoms. The van der Waals surface area contributed by atoms with Crippen LogP contribution in [-0.4, -0.2) is 11.1 Å². The minimum Gasteiger partial charge on any atom is -0.478 e. The average molecular weight is 335 g/mol. The minimum absolute atomic E-state index is 0.154. The summed E-state index contributed by atoms with van der Waals surface area (Å²) in [6.45, 7) is 3.32. The molecule has 0 radical (unpaired) electrons. The third-order valence-electron chi connectivity index (χ3n) is 3.43. The Morgan fingerprint density at radius 2 is 1.84 bits per heavy atom. The van der Waals surface area contributed by atoms with Gasteiger partial charge in [0.15, 0.2) is 5.75 Å². The molecule has 0 heterocycles. The largest absolute Gasteiger partial charge is 0.478 e. The summed E-state index contributed by atoms with van der Waals surface area (Å²) in [5.74, 6) is -0.223. The number of nitriles is 1. The molecule has 126 valence electrons. The van der Waals surface area contributed by atoms with E-state index in [9.17, 15) is 4.79 Å². The van der Waals surface area contributed by atoms with Crippen LogP contribution in [0.5, 0.6) is 5.75 Å². The van der Waals surface area contributed by atoms with Crippen molar-refractivity contribution in [1.29, 1.82) is 5.26 Å². The van der Waals surface area contributed by atoms with E-state index in [0.29, 0.717) is 34.9 Å². The molecule has 2 aromatic rings. The van der Waals surface area contributed by atoms with Gasteiger partial charge < -0.3 is 9.84 Å². The zero-order valence-corrected chi connectivity index (χ0v) is 13.9. The van der Waals surface area contributed by atoms with Gasteiger partial charge in [0.1, 0.15) is 11.4 Å². The van der Waals surface area contributed by atoms with Gasteiger partial charge in [0, 0.05) is 6.42 Å². The zero-order valence-electron chi connectivity index (χ0n) is 13.9. The predicted octanol–water partition coefficient (Wildman–Crippen LogP) is 5.12. The maximum Gasteiger partial charge on any atom is 0.334 e. The maximum absolute atomic E-state index is 11.1. The predicted molar refractivity (Wildman–Crippen MR) is 93.0 cm³/mol. The Labute approximate surface area is 145 Å². The standard InChI is InChI=1S/C19H17N3O3/c1-3-17(13(2)19(23)24)25-18-7-5-4-6-16(18)22-21-15-10-8-14(12-20)9-11-15/h4-11H,3H2,1-2H3,(H,23,24)/b17-13+,22-21?. The van der Waals surface area contributed by atoms with Crippen molar-refractivity contribution in [2.24, 2.45) is 10.2 Å². The topological polar surface area (TPSA) is 95.0 Å². The monoisotopic (exact) mass is 335 g/mol. The van der Waals surface area contributed by atoms with E-state index in [0.717, 1.165) is 0 Å². The van der Waals surface area contributed by atoms with Crippen molar-refractivity contribution in [2.75, 3.05) is 0 Å². The van der Waals surface area contributed by atoms with Crippen molar-refractivity contribution in [1.82, 2.24) is 0 Å². The lowest BCUT2D eigenvalue weighted by Crippen LogP contribution is -2.05. The van der Waals surface area contributed by atoms with Gasteiger partial charge >= 0.3 is 5.97 Å². The SMILES string of the molecule is CC/C(Oc1ccccc1N=Nc1ccc(C#N)cc1)=C(/C)C(=O)O. The molecule has 0 aromatic heterocycles. The van der Waals surface area contributed by atoms with E-state index in [1.54, 1.807) is 48.5 Å². The number of carbonyl (C=O) groups is 1. The minimum atomic E-state index is -1.02. The van der Waals surface area contributed by atoms with Gasteiger partial charge in [-0.25, -0.2) is 4.79 Å². The van der Waals surface area contributed by atoms with Crippen LogP contribution in [0.15, 0.2) is 70.1 Å². The third-order valence-corrected chi connectivity index (χ3v) is 3.43. The van der Waals surface area contributed by atoms with Gasteiger partial charge in [-0.05, 0) is 43.3 Å². The number of allylic oxidation sites excluding steroid dienone is 1. The molecule has 0 atom stereocenters. The number of nitrogens with zero attached hydrogens (tertiary/aromatic N) is 3. The van der Waals surface area contributed by atoms with E-state index >= 15 is 0 Å². The molecule has 1 N–H and O–H groups in total. The van der Waals surface area contributed by atoms with Crippen LogP contribution in [0.25, 0.3) is 0 Å². The summed E-state index contributed by atoms with van der Waals surface area (Å²) in [4.78, 5) is 11.1. The molecule has 0 amide bonds. The molecule has 0 bridgehead atoms. The summed E-state index contributed by atoms with van der Waals surface area (Å²) in [6.07, 6.45) is 0.444. The number of carboxylic acids is 1. The Kier molecular flexibility index (Phi) is 6.02. The molecule has 0 unspecified atom stereocenters. The zero-order chi connectivity index (χ0) is 18.2. The quantitative estimate of drug-likeness (QED) is 0.450. The molecular weight excluding hydrogens is 318 g/mol. The lowest BCUT2D eigenvalue weighted by Gasteiger charge is -2.11. The van der Waals surface area contributed by atoms with E-state index in [1.165, 1.54) is 6.92 Å². The second-order valence-corrected chi connectivity index (χ2v) is 5.14. The van der Waals surface area contributed by atoms with Crippen molar-refractivity contribution in [3.05, 3.63) is 65.4 Å². The average Bonchev–Trinajstić information content (AvgIpc) is 2.65. The van der Waals surface area contributed by atoms with Crippen LogP contribution >= 0.6 is 0 Å². The number of hydrogen-bond donors (Lipinski definition) is 1. The highest BCUT2D eigenvalue weighted by Crippen LogP contribution is 2.31. The maximum atomic E-state index is 11.1. The van der Waals surface area contributed by atoms with Crippen LogP contribution in [0.1, 0.15) is 25.8 Å². The summed E-state index contributed by atoms with van der Waals surface area (Å²) in [5.41, 5.74) is 1.78. The number of azo groups is 1. The van der Waals surface area contributed by atoms with Crippen LogP contribution in [0.4, 0.5) is 11.4 Å². The van der Waals surface area contributed by atoms with Gasteiger partial charge in [0.05, 0.1) is 22.9 Å². The molecule has 0 fully saturated rings. The van der Waals surface area contributed by atoms with Crippen LogP contribution in [-0.2, 0) is 4.79 Å². The van der Waals surface area contributed by atoms with Gasteiger partial charge in [0.25, 0.3) is 0 Å². The first-order valence-corrected chi connectivity index (χ1v) is 7.67. The third kappa shape index (κ3) is 4.75. The second kappa shape index (κ2) is 8.41. The lowest BCUT2D eigenvalue weighted by atomic mass is 10.2. The number of carboxylic acid groups (broad SMARTS) is 1. The molecule has 0 aliphatic rings. The number of ether oxygens (including phenoxy) is 1. The summed E-state index contributed by atoms with van der Waals surface area (Å²) < 4.78 is 5.74. The summed E-state index contributed by atoms with van der Waals surface area (Å²) >= 11 is 0. The fourth-order valence-corrected chi connectivity index (χ4v) is 2.01. The van der Waals surface area contributed by atoms with Crippen molar-refractivity contribution in [3.63, 3.8) is 0 Å². The number of rotatable bonds is 6. The fourth-order valence-electron chi connectivity index (χ4n) is 2.01. The Morgan fingerprint density at radius 3 is 2.44 bits per heavy atom. The molecule has 2 rings (SSSR count). The van der Waals surface area contributed by atoms with Crippen molar-refractivity contribution < 1.29 is 14.6 Å². The van der Waals surface area contributed by atoms with Crippen LogP contribution in [0.2, 0.25) is 0 Å². The van der Waals surface area contributed by atoms with Crippen LogP contribution < -0.4 is 4.74 Å². The van der Waals surface area contributed by atoms with Crippen LogP contribution in [0, 0.1) is 11.3 Å². The molecule has 25 heavy (non-hydrogen) atoms. The van der Waals surface area contributed by atoms with E-state index in [1.807, 2.05) is 13.0 Å². The van der Waals surface area contributed by atoms with Crippen molar-refractivity contribution in [2.45, 2.75) is 20.3 Å². The molecule has 0 saturated heterocycles. The molecule has 6 nitrogen and oxygen atoms in total. The van der Waals surface area contributed by atoms with Gasteiger partial charge in [-0.2, -0.15) is 10.4 Å². The molecule has 0 aliphatic carbocycles. The van der Waals surface area contributed by atoms with E-state index < -0.39 is 5.97 Å². The number of benzene rings is 2. The highest BCUT2D eigenvalue weighted by atomic mass is 16.5. The number of para-hydroxylation sites is 1. The molecule has 0 saturated carbocycles. The Morgan fingerprint density at radius 1 is 1.16 bits per heavy atom. The first-order valence-electron chi connectivity index (χ1n) is 7.67. The van der Waals surface area contributed by atoms with Gasteiger partial charge in [-0.1, -0.05) is 19.1 Å². The number of aliphatic carboxylic acids is 1. The Balaban J connectivity index is 2.28. The second-order valence-electron chi connectivity index (χ2n) is 5.14. The normalized spacial score (nSPS) is 11.7. The smallest absolute Gasteiger partial charge is 0.334 e. The Hall–Kier alpha value is -3.46. The first kappa shape index (κ1) is 17.9. The number of hydrogen-bond acceptors (Lipinski definition) is 5. The van der Waals surface area contributed by atoms with Crippen molar-refractivity contribution >= 4 is 17.3 Å². The molecule has 2 aromatic carbocycles. The summed E-state index contributed by atoms with van der Waals surface area (Å²) in [5, 5.41) is 26.2. The van der Waals surface area contributed by atoms with Gasteiger partial charge in [0.2, 0.25) is 0 Å². The summed E-state index contributed by atoms with van der Waals surface area (Å²) in [7, 11) is 0. The van der Waals surface area contributed by atoms with Gasteiger partial charge in [-0.15, -0.1) is 5.11 Å².